The maximum absolute atomic E-state index is 5.58. The number of hydrogen-bond acceptors (Lipinski definition) is 6. The number of imidazole rings is 1. The predicted molar refractivity (Wildman–Crippen MR) is 126 cm³/mol. The van der Waals surface area contributed by atoms with Gasteiger partial charge in [-0.15, -0.1) is 11.3 Å². The first kappa shape index (κ1) is 20.2. The van der Waals surface area contributed by atoms with Gasteiger partial charge in [0.25, 0.3) is 0 Å². The smallest absolute Gasteiger partial charge is 0.170 e. The first-order valence-corrected chi connectivity index (χ1v) is 12.1. The largest absolute Gasteiger partial charge is 0.493 e. The van der Waals surface area contributed by atoms with Crippen molar-refractivity contribution in [2.75, 3.05) is 14.2 Å². The molecule has 2 heterocycles. The summed E-state index contributed by atoms with van der Waals surface area (Å²) >= 11 is 3.37. The van der Waals surface area contributed by atoms with Crippen LogP contribution in [0.1, 0.15) is 24.6 Å². The normalized spacial score (nSPS) is 13.4. The van der Waals surface area contributed by atoms with Gasteiger partial charge in [-0.1, -0.05) is 48.2 Å². The molecule has 4 aromatic rings. The molecule has 0 radical (unpaired) electrons. The van der Waals surface area contributed by atoms with E-state index in [1.165, 1.54) is 24.1 Å². The van der Waals surface area contributed by atoms with E-state index in [1.807, 2.05) is 30.5 Å². The predicted octanol–water partition coefficient (Wildman–Crippen LogP) is 6.32. The second-order valence-electron chi connectivity index (χ2n) is 7.37. The number of rotatable bonds is 8. The summed E-state index contributed by atoms with van der Waals surface area (Å²) in [5.41, 5.74) is 4.41. The van der Waals surface area contributed by atoms with Crippen molar-refractivity contribution in [2.45, 2.75) is 29.8 Å². The van der Waals surface area contributed by atoms with E-state index >= 15 is 0 Å². The number of thioether (sulfide) groups is 1. The fourth-order valence-electron chi connectivity index (χ4n) is 3.65. The zero-order valence-corrected chi connectivity index (χ0v) is 19.1. The molecular weight excluding hydrogens is 426 g/mol. The second kappa shape index (κ2) is 8.77. The molecular formula is C24H23N3O2S2. The number of hydrogen-bond donors (Lipinski definition) is 0. The van der Waals surface area contributed by atoms with Crippen molar-refractivity contribution in [2.24, 2.45) is 0 Å². The molecule has 0 atom stereocenters. The minimum Gasteiger partial charge on any atom is -0.493 e. The number of thiazole rings is 1. The highest BCUT2D eigenvalue weighted by Crippen LogP contribution is 2.43. The van der Waals surface area contributed by atoms with Crippen LogP contribution in [0.5, 0.6) is 11.5 Å². The summed E-state index contributed by atoms with van der Waals surface area (Å²) in [5, 5.41) is 4.11. The molecule has 0 saturated heterocycles. The molecule has 1 saturated carbocycles. The van der Waals surface area contributed by atoms with Crippen LogP contribution >= 0.6 is 23.1 Å². The number of para-hydroxylation sites is 1. The van der Waals surface area contributed by atoms with Gasteiger partial charge in [0.2, 0.25) is 0 Å². The lowest BCUT2D eigenvalue weighted by atomic mass is 10.2. The SMILES string of the molecule is COc1cccc(-c2nc(CSc3ncc(-c4ccccc4)n3C3CC3)cs2)c1OC. The third-order valence-electron chi connectivity index (χ3n) is 5.28. The van der Waals surface area contributed by atoms with Crippen LogP contribution in [0, 0.1) is 0 Å². The summed E-state index contributed by atoms with van der Waals surface area (Å²) in [6.07, 6.45) is 4.45. The number of aromatic nitrogens is 3. The van der Waals surface area contributed by atoms with Crippen molar-refractivity contribution in [1.29, 1.82) is 0 Å². The van der Waals surface area contributed by atoms with Crippen LogP contribution in [0.4, 0.5) is 0 Å². The van der Waals surface area contributed by atoms with Gasteiger partial charge in [0.05, 0.1) is 37.4 Å². The van der Waals surface area contributed by atoms with Gasteiger partial charge >= 0.3 is 0 Å². The van der Waals surface area contributed by atoms with Crippen LogP contribution < -0.4 is 9.47 Å². The Hall–Kier alpha value is -2.77. The van der Waals surface area contributed by atoms with E-state index in [9.17, 15) is 0 Å². The van der Waals surface area contributed by atoms with E-state index in [-0.39, 0.29) is 0 Å². The van der Waals surface area contributed by atoms with Gasteiger partial charge in [0, 0.05) is 17.2 Å². The van der Waals surface area contributed by atoms with E-state index in [1.54, 1.807) is 37.3 Å². The second-order valence-corrected chi connectivity index (χ2v) is 9.17. The Kier molecular flexibility index (Phi) is 5.70. The fourth-order valence-corrected chi connectivity index (χ4v) is 5.54. The Morgan fingerprint density at radius 3 is 2.65 bits per heavy atom. The van der Waals surface area contributed by atoms with Gasteiger partial charge in [0.15, 0.2) is 16.7 Å². The van der Waals surface area contributed by atoms with Gasteiger partial charge in [-0.05, 0) is 30.5 Å². The molecule has 7 heteroatoms. The van der Waals surface area contributed by atoms with Gasteiger partial charge in [-0.2, -0.15) is 0 Å². The van der Waals surface area contributed by atoms with Crippen LogP contribution in [-0.2, 0) is 5.75 Å². The van der Waals surface area contributed by atoms with Gasteiger partial charge in [-0.25, -0.2) is 9.97 Å². The van der Waals surface area contributed by atoms with Crippen molar-refractivity contribution in [3.8, 4) is 33.3 Å². The molecule has 158 valence electrons. The van der Waals surface area contributed by atoms with E-state index in [4.69, 9.17) is 19.4 Å². The average Bonchev–Trinajstić information content (AvgIpc) is 3.39. The minimum absolute atomic E-state index is 0.562. The van der Waals surface area contributed by atoms with Crippen molar-refractivity contribution in [1.82, 2.24) is 14.5 Å². The highest BCUT2D eigenvalue weighted by atomic mass is 32.2. The lowest BCUT2D eigenvalue weighted by Crippen LogP contribution is -1.99. The van der Waals surface area contributed by atoms with Gasteiger partial charge in [-0.3, -0.25) is 0 Å². The fraction of sp³-hybridized carbons (Fsp3) is 0.250. The Balaban J connectivity index is 1.37. The summed E-state index contributed by atoms with van der Waals surface area (Å²) in [7, 11) is 3.31. The summed E-state index contributed by atoms with van der Waals surface area (Å²) < 4.78 is 13.4. The highest BCUT2D eigenvalue weighted by Gasteiger charge is 2.29. The van der Waals surface area contributed by atoms with Crippen molar-refractivity contribution in [3.05, 3.63) is 65.8 Å². The molecule has 0 unspecified atom stereocenters. The third-order valence-corrected chi connectivity index (χ3v) is 7.20. The summed E-state index contributed by atoms with van der Waals surface area (Å²) in [4.78, 5) is 9.61. The summed E-state index contributed by atoms with van der Waals surface area (Å²) in [6.45, 7) is 0. The summed E-state index contributed by atoms with van der Waals surface area (Å²) in [6, 6.07) is 17.0. The standard InChI is InChI=1S/C24H23N3O2S2/c1-28-21-10-6-9-19(22(21)29-2)23-26-17(14-30-23)15-31-24-25-13-20(27(24)18-11-12-18)16-7-4-3-5-8-16/h3-10,13-14,18H,11-12,15H2,1-2H3. The highest BCUT2D eigenvalue weighted by molar-refractivity contribution is 7.98. The molecule has 31 heavy (non-hydrogen) atoms. The van der Waals surface area contributed by atoms with Crippen molar-refractivity contribution < 1.29 is 9.47 Å². The summed E-state index contributed by atoms with van der Waals surface area (Å²) in [5.74, 6) is 2.21. The van der Waals surface area contributed by atoms with Gasteiger partial charge in [0.1, 0.15) is 5.01 Å². The number of methoxy groups -OCH3 is 2. The molecule has 0 N–H and O–H groups in total. The van der Waals surface area contributed by atoms with E-state index < -0.39 is 0 Å². The lowest BCUT2D eigenvalue weighted by Gasteiger charge is -2.11. The first-order chi connectivity index (χ1) is 15.3. The molecule has 2 aromatic carbocycles. The van der Waals surface area contributed by atoms with E-state index in [2.05, 4.69) is 34.2 Å². The molecule has 5 rings (SSSR count). The molecule has 5 nitrogen and oxygen atoms in total. The topological polar surface area (TPSA) is 49.2 Å². The van der Waals surface area contributed by atoms with Crippen LogP contribution in [0.3, 0.4) is 0 Å². The van der Waals surface area contributed by atoms with Crippen LogP contribution in [0.2, 0.25) is 0 Å². The monoisotopic (exact) mass is 449 g/mol. The zero-order valence-electron chi connectivity index (χ0n) is 17.4. The number of nitrogens with zero attached hydrogens (tertiary/aromatic N) is 3. The molecule has 2 aromatic heterocycles. The Bertz CT molecular complexity index is 1180. The van der Waals surface area contributed by atoms with Crippen LogP contribution in [-0.4, -0.2) is 28.8 Å². The number of ether oxygens (including phenoxy) is 2. The molecule has 0 amide bonds. The molecule has 1 fully saturated rings. The first-order valence-electron chi connectivity index (χ1n) is 10.2. The molecule has 0 aliphatic heterocycles. The van der Waals surface area contributed by atoms with Crippen molar-refractivity contribution in [3.63, 3.8) is 0 Å². The lowest BCUT2D eigenvalue weighted by molar-refractivity contribution is 0.356. The molecule has 1 aliphatic rings. The van der Waals surface area contributed by atoms with E-state index in [0.29, 0.717) is 11.8 Å². The van der Waals surface area contributed by atoms with Crippen LogP contribution in [0.15, 0.2) is 65.3 Å². The average molecular weight is 450 g/mol. The number of benzene rings is 2. The molecule has 0 bridgehead atoms. The van der Waals surface area contributed by atoms with Crippen molar-refractivity contribution >= 4 is 23.1 Å². The molecule has 1 aliphatic carbocycles. The quantitative estimate of drug-likeness (QED) is 0.295. The Morgan fingerprint density at radius 2 is 1.90 bits per heavy atom. The maximum atomic E-state index is 5.58. The minimum atomic E-state index is 0.562. The maximum Gasteiger partial charge on any atom is 0.170 e. The zero-order chi connectivity index (χ0) is 21.2. The Morgan fingerprint density at radius 1 is 1.06 bits per heavy atom. The molecule has 0 spiro atoms. The third kappa shape index (κ3) is 4.07. The van der Waals surface area contributed by atoms with Crippen LogP contribution in [0.25, 0.3) is 21.8 Å². The Labute approximate surface area is 190 Å². The van der Waals surface area contributed by atoms with E-state index in [0.717, 1.165) is 32.9 Å². The van der Waals surface area contributed by atoms with Gasteiger partial charge < -0.3 is 14.0 Å².